The van der Waals surface area contributed by atoms with Crippen molar-refractivity contribution in [2.24, 2.45) is 0 Å². The summed E-state index contributed by atoms with van der Waals surface area (Å²) in [7, 11) is 20.7. The van der Waals surface area contributed by atoms with Gasteiger partial charge in [-0.05, 0) is 0 Å². The Hall–Kier alpha value is 0.885. The summed E-state index contributed by atoms with van der Waals surface area (Å²) in [6.07, 6.45) is -1.13. The molecule has 0 fully saturated rings. The third kappa shape index (κ3) is 5.03. The lowest BCUT2D eigenvalue weighted by atomic mass is 9.18. The predicted octanol–water partition coefficient (Wildman–Crippen LogP) is -2.07. The normalized spacial score (nSPS) is 13.8. The van der Waals surface area contributed by atoms with Crippen molar-refractivity contribution in [1.82, 2.24) is 0 Å². The minimum Gasteiger partial charge on any atom is -0.222 e. The fourth-order valence-corrected chi connectivity index (χ4v) is 0.745. The molecule has 27 valence electrons. The minimum absolute atomic E-state index is 0.472. The smallest absolute Gasteiger partial charge is 0.0602 e. The van der Waals surface area contributed by atoms with E-state index >= 15 is 0 Å². The zero-order chi connectivity index (χ0) is 7.44. The van der Waals surface area contributed by atoms with Gasteiger partial charge in [-0.25, -0.2) is 8.28 Å². The summed E-state index contributed by atoms with van der Waals surface area (Å²) in [6.45, 7) is 0. The van der Waals surface area contributed by atoms with Crippen LogP contribution in [0.25, 0.3) is 0 Å². The van der Waals surface area contributed by atoms with E-state index < -0.39 is 20.7 Å². The third-order valence-electron chi connectivity index (χ3n) is 0.541. The van der Waals surface area contributed by atoms with Gasteiger partial charge in [0.1, 0.15) is 0 Å². The van der Waals surface area contributed by atoms with E-state index in [1.54, 1.807) is 0 Å². The molecule has 0 aromatic rings. The van der Waals surface area contributed by atoms with Crippen molar-refractivity contribution < 1.29 is 0 Å². The minimum atomic E-state index is -1.30. The van der Waals surface area contributed by atoms with Gasteiger partial charge < -0.3 is 0 Å². The van der Waals surface area contributed by atoms with E-state index in [0.717, 1.165) is 0 Å². The van der Waals surface area contributed by atoms with E-state index in [9.17, 15) is 0 Å². The summed E-state index contributed by atoms with van der Waals surface area (Å²) in [6, 6.07) is 0. The highest BCUT2D eigenvalue weighted by molar-refractivity contribution is 8.19. The third-order valence-corrected chi connectivity index (χ3v) is 1.40. The average Bonchev–Trinajstić information content (AvgIpc) is 1.84. The van der Waals surface area contributed by atoms with Gasteiger partial charge in [0.25, 0.3) is 0 Å². The van der Waals surface area contributed by atoms with Crippen LogP contribution in [-0.2, 0) is 0 Å². The van der Waals surface area contributed by atoms with Gasteiger partial charge in [-0.1, -0.05) is 0 Å². The van der Waals surface area contributed by atoms with Crippen molar-refractivity contribution in [1.29, 1.82) is 1.28 Å². The van der Waals surface area contributed by atoms with Crippen LogP contribution < -0.4 is 0 Å². The molecule has 0 heterocycles. The lowest BCUT2D eigenvalue weighted by Crippen LogP contribution is -2.23. The standard InChI is InChI=1S/B7HP/c1-5-7(4)8-6(2)3/h8H/i8T. The number of rotatable bonds is 3. The Kier molecular flexibility index (Phi) is 4.14. The van der Waals surface area contributed by atoms with E-state index in [2.05, 4.69) is 0 Å². The Bertz CT molecular complexity index is 73.3. The summed E-state index contributed by atoms with van der Waals surface area (Å²) < 4.78 is 7.21. The molecule has 0 bridgehead atoms. The Morgan fingerprint density at radius 1 is 1.50 bits per heavy atom. The van der Waals surface area contributed by atoms with Gasteiger partial charge in [-0.3, -0.25) is 0 Å². The molecule has 0 aliphatic rings. The van der Waals surface area contributed by atoms with E-state index in [1.807, 2.05) is 0 Å². The van der Waals surface area contributed by atoms with Crippen LogP contribution in [0.2, 0.25) is 0 Å². The summed E-state index contributed by atoms with van der Waals surface area (Å²) in [5.74, 6) is 0. The molecule has 0 aliphatic carbocycles. The van der Waals surface area contributed by atoms with E-state index in [4.69, 9.17) is 32.2 Å². The van der Waals surface area contributed by atoms with Gasteiger partial charge in [0.15, 0.2) is 0 Å². The summed E-state index contributed by atoms with van der Waals surface area (Å²) in [5.41, 5.74) is 0. The molecule has 0 amide bonds. The molecule has 1 atom stereocenters. The Morgan fingerprint density at radius 2 is 2.00 bits per heavy atom. The Labute approximate surface area is 60.6 Å². The second-order valence-corrected chi connectivity index (χ2v) is 2.81. The zero-order valence-electron chi connectivity index (χ0n) is 5.49. The lowest BCUT2D eigenvalue weighted by molar-refractivity contribution is 3.89. The van der Waals surface area contributed by atoms with Gasteiger partial charge >= 0.3 is 0 Å². The topological polar surface area (TPSA) is 0 Å². The SMILES string of the molecule is [3H]P(B([B])[B])B([B])[B][B]. The van der Waals surface area contributed by atoms with Crippen LogP contribution in [-0.4, -0.2) is 51.7 Å². The monoisotopic (exact) mass is 111 g/mol. The summed E-state index contributed by atoms with van der Waals surface area (Å²) in [4.78, 5) is 0. The van der Waals surface area contributed by atoms with Crippen LogP contribution in [0.15, 0.2) is 0 Å². The molecule has 0 saturated heterocycles. The molecular formula is HB7P. The van der Waals surface area contributed by atoms with Crippen LogP contribution in [0.3, 0.4) is 0 Å². The predicted molar refractivity (Wildman–Crippen MR) is 48.6 cm³/mol. The molecular weight excluding hydrogens is 107 g/mol. The summed E-state index contributed by atoms with van der Waals surface area (Å²) >= 11 is 0. The first-order valence-electron chi connectivity index (χ1n) is 2.63. The molecule has 0 nitrogen and oxygen atoms in total. The molecule has 0 aliphatic heterocycles. The molecule has 9 radical (unpaired) electrons. The molecule has 1 unspecified atom stereocenters. The number of hydrogen-bond donors (Lipinski definition) is 0. The summed E-state index contributed by atoms with van der Waals surface area (Å²) in [5, 5.41) is 0. The van der Waals surface area contributed by atoms with Gasteiger partial charge in [-0.15, -0.1) is 0 Å². The second kappa shape index (κ2) is 4.73. The van der Waals surface area contributed by atoms with E-state index in [-0.39, 0.29) is 0 Å². The molecule has 0 spiro atoms. The lowest BCUT2D eigenvalue weighted by Gasteiger charge is -2.06. The maximum absolute atomic E-state index is 7.21. The first-order valence-corrected chi connectivity index (χ1v) is 3.22. The maximum Gasteiger partial charge on any atom is 0.0602 e. The van der Waals surface area contributed by atoms with Gasteiger partial charge in [0, 0.05) is 39.3 Å². The molecule has 8 heavy (non-hydrogen) atoms. The number of hydrogen-bond acceptors (Lipinski definition) is 0. The molecule has 0 aromatic heterocycles. The highest BCUT2D eigenvalue weighted by Crippen LogP contribution is 2.10. The zero-order valence-corrected chi connectivity index (χ0v) is 5.38. The molecule has 0 rings (SSSR count). The van der Waals surface area contributed by atoms with Crippen LogP contribution in [0, 0.1) is 0 Å². The van der Waals surface area contributed by atoms with Crippen molar-refractivity contribution in [3.05, 3.63) is 0 Å². The fourth-order valence-electron chi connectivity index (χ4n) is 0.248. The van der Waals surface area contributed by atoms with Crippen LogP contribution in [0.4, 0.5) is 0 Å². The molecule has 0 aromatic carbocycles. The van der Waals surface area contributed by atoms with E-state index in [0.29, 0.717) is 0 Å². The highest BCUT2D eigenvalue weighted by atomic mass is 31.1. The first kappa shape index (κ1) is 7.00. The van der Waals surface area contributed by atoms with Crippen molar-refractivity contribution >= 4 is 58.7 Å². The van der Waals surface area contributed by atoms with Gasteiger partial charge in [0.05, 0.1) is 12.4 Å². The van der Waals surface area contributed by atoms with Crippen molar-refractivity contribution in [3.8, 4) is 0 Å². The Morgan fingerprint density at radius 3 is 2.12 bits per heavy atom. The Balaban J connectivity index is 3.58. The highest BCUT2D eigenvalue weighted by Gasteiger charge is 2.03. The average molecular weight is 110 g/mol. The second-order valence-electron chi connectivity index (χ2n) is 1.32. The first-order chi connectivity index (χ1) is 4.09. The van der Waals surface area contributed by atoms with Crippen molar-refractivity contribution in [2.75, 3.05) is 0 Å². The largest absolute Gasteiger partial charge is 0.222 e. The van der Waals surface area contributed by atoms with Crippen LogP contribution >= 0.6 is 8.28 Å². The van der Waals surface area contributed by atoms with Gasteiger partial charge in [-0.2, -0.15) is 0 Å². The van der Waals surface area contributed by atoms with Gasteiger partial charge in [0.2, 0.25) is 0 Å². The quantitative estimate of drug-likeness (QED) is 0.289. The van der Waals surface area contributed by atoms with Crippen LogP contribution in [0.5, 0.6) is 0 Å². The molecule has 0 N–H and O–H groups in total. The fraction of sp³-hybridized carbons (Fsp3) is 0. The van der Waals surface area contributed by atoms with Crippen molar-refractivity contribution in [2.45, 2.75) is 0 Å². The molecule has 0 saturated carbocycles. The van der Waals surface area contributed by atoms with E-state index in [1.165, 1.54) is 7.06 Å². The molecule has 8 heteroatoms. The maximum atomic E-state index is 7.21. The van der Waals surface area contributed by atoms with Crippen LogP contribution in [0.1, 0.15) is 0 Å². The van der Waals surface area contributed by atoms with Crippen molar-refractivity contribution in [3.63, 3.8) is 0 Å².